The van der Waals surface area contributed by atoms with E-state index in [1.807, 2.05) is 0 Å². The molecule has 0 unspecified atom stereocenters. The standard InChI is InChI=1S/C25H20F6N2O2S/c1-15(2)22-13-17(16(3)33(22)21-10-6-4-8-19(21)24(26,27)28)12-18(14-32)36(34,35)23-11-7-5-9-20(23)25(29,30)31/h4-13,15H,1-3H3/b18-12+. The van der Waals surface area contributed by atoms with Crippen LogP contribution in [0.1, 0.15) is 47.8 Å². The minimum absolute atomic E-state index is 0.0836. The smallest absolute Gasteiger partial charge is 0.317 e. The molecule has 0 saturated heterocycles. The highest BCUT2D eigenvalue weighted by atomic mass is 32.2. The van der Waals surface area contributed by atoms with E-state index in [9.17, 15) is 40.0 Å². The van der Waals surface area contributed by atoms with Gasteiger partial charge in [-0.1, -0.05) is 38.1 Å². The Bertz CT molecular complexity index is 1470. The molecule has 36 heavy (non-hydrogen) atoms. The quantitative estimate of drug-likeness (QED) is 0.259. The van der Waals surface area contributed by atoms with Gasteiger partial charge in [-0.15, -0.1) is 0 Å². The fourth-order valence-electron chi connectivity index (χ4n) is 3.81. The Kier molecular flexibility index (Phi) is 7.15. The van der Waals surface area contributed by atoms with Crippen molar-refractivity contribution in [2.45, 2.75) is 43.9 Å². The molecule has 0 saturated carbocycles. The molecule has 0 aliphatic carbocycles. The monoisotopic (exact) mass is 526 g/mol. The predicted molar refractivity (Wildman–Crippen MR) is 122 cm³/mol. The zero-order valence-corrected chi connectivity index (χ0v) is 20.1. The molecule has 3 rings (SSSR count). The van der Waals surface area contributed by atoms with E-state index in [0.717, 1.165) is 30.3 Å². The Hall–Kier alpha value is -3.52. The Morgan fingerprint density at radius 3 is 2.00 bits per heavy atom. The summed E-state index contributed by atoms with van der Waals surface area (Å²) in [6.07, 6.45) is -8.79. The lowest BCUT2D eigenvalue weighted by Crippen LogP contribution is -2.14. The summed E-state index contributed by atoms with van der Waals surface area (Å²) in [6, 6.07) is 11.2. The number of allylic oxidation sites excluding steroid dienone is 1. The van der Waals surface area contributed by atoms with E-state index in [2.05, 4.69) is 0 Å². The molecule has 0 amide bonds. The van der Waals surface area contributed by atoms with E-state index in [-0.39, 0.29) is 22.9 Å². The molecular formula is C25H20F6N2O2S. The summed E-state index contributed by atoms with van der Waals surface area (Å²) in [5.41, 5.74) is -1.89. The van der Waals surface area contributed by atoms with Crippen molar-refractivity contribution in [2.24, 2.45) is 0 Å². The van der Waals surface area contributed by atoms with Crippen molar-refractivity contribution in [2.75, 3.05) is 0 Å². The zero-order chi connectivity index (χ0) is 27.1. The molecule has 0 fully saturated rings. The minimum atomic E-state index is -4.99. The molecule has 0 spiro atoms. The Balaban J connectivity index is 2.28. The van der Waals surface area contributed by atoms with Gasteiger partial charge in [-0.2, -0.15) is 31.6 Å². The highest BCUT2D eigenvalue weighted by molar-refractivity contribution is 7.95. The summed E-state index contributed by atoms with van der Waals surface area (Å²) in [4.78, 5) is -2.06. The number of alkyl halides is 6. The van der Waals surface area contributed by atoms with Crippen molar-refractivity contribution in [1.29, 1.82) is 5.26 Å². The summed E-state index contributed by atoms with van der Waals surface area (Å²) in [5.74, 6) is -0.319. The van der Waals surface area contributed by atoms with Gasteiger partial charge in [0.15, 0.2) is 0 Å². The molecule has 0 bridgehead atoms. The third-order valence-corrected chi connectivity index (χ3v) is 7.25. The largest absolute Gasteiger partial charge is 0.418 e. The maximum Gasteiger partial charge on any atom is 0.418 e. The lowest BCUT2D eigenvalue weighted by Gasteiger charge is -2.19. The van der Waals surface area contributed by atoms with Gasteiger partial charge in [-0.05, 0) is 54.8 Å². The van der Waals surface area contributed by atoms with Gasteiger partial charge >= 0.3 is 12.4 Å². The van der Waals surface area contributed by atoms with E-state index in [1.54, 1.807) is 13.8 Å². The number of para-hydroxylation sites is 1. The molecule has 3 aromatic rings. The number of sulfone groups is 1. The number of benzene rings is 2. The fourth-order valence-corrected chi connectivity index (χ4v) is 5.19. The predicted octanol–water partition coefficient (Wildman–Crippen LogP) is 7.29. The molecule has 0 radical (unpaired) electrons. The Morgan fingerprint density at radius 1 is 0.944 bits per heavy atom. The summed E-state index contributed by atoms with van der Waals surface area (Å²) in [5, 5.41) is 9.59. The molecule has 2 aromatic carbocycles. The highest BCUT2D eigenvalue weighted by Crippen LogP contribution is 2.39. The normalized spacial score (nSPS) is 13.2. The number of nitrogens with zero attached hydrogens (tertiary/aromatic N) is 2. The van der Waals surface area contributed by atoms with Crippen molar-refractivity contribution in [1.82, 2.24) is 4.57 Å². The topological polar surface area (TPSA) is 62.9 Å². The van der Waals surface area contributed by atoms with E-state index in [0.29, 0.717) is 11.8 Å². The number of halogens is 6. The van der Waals surface area contributed by atoms with Gasteiger partial charge in [0.2, 0.25) is 9.84 Å². The van der Waals surface area contributed by atoms with Crippen molar-refractivity contribution in [3.05, 3.63) is 87.6 Å². The van der Waals surface area contributed by atoms with Crippen LogP contribution in [0.15, 0.2) is 64.4 Å². The summed E-state index contributed by atoms with van der Waals surface area (Å²) >= 11 is 0. The Labute approximate surface area is 204 Å². The molecule has 0 aliphatic rings. The van der Waals surface area contributed by atoms with Crippen molar-refractivity contribution in [3.63, 3.8) is 0 Å². The number of rotatable bonds is 5. The first-order valence-corrected chi connectivity index (χ1v) is 12.0. The van der Waals surface area contributed by atoms with Crippen molar-refractivity contribution >= 4 is 15.9 Å². The average Bonchev–Trinajstić information content (AvgIpc) is 3.12. The average molecular weight is 527 g/mol. The van der Waals surface area contributed by atoms with Gasteiger partial charge in [-0.25, -0.2) is 8.42 Å². The summed E-state index contributed by atoms with van der Waals surface area (Å²) in [6.45, 7) is 4.88. The van der Waals surface area contributed by atoms with Gasteiger partial charge in [-0.3, -0.25) is 0 Å². The second-order valence-electron chi connectivity index (χ2n) is 8.23. The van der Waals surface area contributed by atoms with Crippen LogP contribution < -0.4 is 0 Å². The number of aromatic nitrogens is 1. The maximum atomic E-state index is 13.7. The first kappa shape index (κ1) is 27.1. The van der Waals surface area contributed by atoms with Crippen LogP contribution in [0, 0.1) is 18.3 Å². The number of hydrogen-bond acceptors (Lipinski definition) is 3. The SMILES string of the molecule is Cc1c(/C=C(\C#N)S(=O)(=O)c2ccccc2C(F)(F)F)cc(C(C)C)n1-c1ccccc1C(F)(F)F. The third kappa shape index (κ3) is 5.04. The molecule has 0 atom stereocenters. The van der Waals surface area contributed by atoms with Crippen LogP contribution in [-0.2, 0) is 22.2 Å². The zero-order valence-electron chi connectivity index (χ0n) is 19.2. The van der Waals surface area contributed by atoms with Crippen LogP contribution in [0.3, 0.4) is 0 Å². The maximum absolute atomic E-state index is 13.7. The number of hydrogen-bond donors (Lipinski definition) is 0. The van der Waals surface area contributed by atoms with Gasteiger partial charge in [0.1, 0.15) is 11.0 Å². The molecule has 4 nitrogen and oxygen atoms in total. The molecular weight excluding hydrogens is 506 g/mol. The van der Waals surface area contributed by atoms with Gasteiger partial charge in [0.05, 0.1) is 21.7 Å². The van der Waals surface area contributed by atoms with Gasteiger partial charge in [0.25, 0.3) is 0 Å². The van der Waals surface area contributed by atoms with E-state index in [4.69, 9.17) is 0 Å². The van der Waals surface area contributed by atoms with Crippen LogP contribution in [0.5, 0.6) is 0 Å². The molecule has 190 valence electrons. The van der Waals surface area contributed by atoms with Crippen LogP contribution in [0.25, 0.3) is 11.8 Å². The van der Waals surface area contributed by atoms with E-state index < -0.39 is 43.1 Å². The van der Waals surface area contributed by atoms with Crippen LogP contribution in [-0.4, -0.2) is 13.0 Å². The van der Waals surface area contributed by atoms with Crippen LogP contribution >= 0.6 is 0 Å². The molecule has 1 heterocycles. The highest BCUT2D eigenvalue weighted by Gasteiger charge is 2.38. The first-order valence-electron chi connectivity index (χ1n) is 10.5. The minimum Gasteiger partial charge on any atom is -0.317 e. The summed E-state index contributed by atoms with van der Waals surface area (Å²) in [7, 11) is -4.91. The van der Waals surface area contributed by atoms with Gasteiger partial charge < -0.3 is 4.57 Å². The fraction of sp³-hybridized carbons (Fsp3) is 0.240. The van der Waals surface area contributed by atoms with Crippen LogP contribution in [0.4, 0.5) is 26.3 Å². The number of nitriles is 1. The second-order valence-corrected chi connectivity index (χ2v) is 10.1. The third-order valence-electron chi connectivity index (χ3n) is 5.52. The van der Waals surface area contributed by atoms with E-state index >= 15 is 0 Å². The van der Waals surface area contributed by atoms with Gasteiger partial charge in [0, 0.05) is 11.4 Å². The molecule has 0 N–H and O–H groups in total. The van der Waals surface area contributed by atoms with E-state index in [1.165, 1.54) is 41.8 Å². The first-order chi connectivity index (χ1) is 16.6. The van der Waals surface area contributed by atoms with Crippen molar-refractivity contribution < 1.29 is 34.8 Å². The lowest BCUT2D eigenvalue weighted by molar-refractivity contribution is -0.140. The lowest BCUT2D eigenvalue weighted by atomic mass is 10.1. The molecule has 0 aliphatic heterocycles. The molecule has 1 aromatic heterocycles. The Morgan fingerprint density at radius 2 is 1.47 bits per heavy atom. The van der Waals surface area contributed by atoms with Crippen molar-refractivity contribution in [3.8, 4) is 11.8 Å². The second kappa shape index (κ2) is 9.50. The molecule has 11 heteroatoms. The van der Waals surface area contributed by atoms with Crippen LogP contribution in [0.2, 0.25) is 0 Å². The summed E-state index contributed by atoms with van der Waals surface area (Å²) < 4.78 is 109.